The molecule has 0 saturated carbocycles. The standard InChI is InChI=1S/C19H26N2O5/c1-14(22)21(12-15-6-3-2-4-7-15)10-9-17(23)20-18(19(24)25)16-8-5-11-26-13-16/h2-4,6-7,16,18H,5,8-13H2,1H3,(H,20,23)(H,24,25). The lowest BCUT2D eigenvalue weighted by atomic mass is 9.93. The molecule has 1 heterocycles. The summed E-state index contributed by atoms with van der Waals surface area (Å²) in [5.41, 5.74) is 0.978. The second-order valence-electron chi connectivity index (χ2n) is 6.54. The van der Waals surface area contributed by atoms with E-state index in [9.17, 15) is 19.5 Å². The molecule has 2 amide bonds. The summed E-state index contributed by atoms with van der Waals surface area (Å²) in [6, 6.07) is 8.56. The Morgan fingerprint density at radius 3 is 2.62 bits per heavy atom. The molecule has 0 spiro atoms. The number of benzene rings is 1. The first-order valence-corrected chi connectivity index (χ1v) is 8.86. The van der Waals surface area contributed by atoms with Crippen LogP contribution in [-0.2, 0) is 25.7 Å². The third-order valence-electron chi connectivity index (χ3n) is 4.52. The Labute approximate surface area is 153 Å². The fraction of sp³-hybridized carbons (Fsp3) is 0.526. The molecule has 2 atom stereocenters. The summed E-state index contributed by atoms with van der Waals surface area (Å²) in [4.78, 5) is 37.1. The Hall–Kier alpha value is -2.41. The SMILES string of the molecule is CC(=O)N(CCC(=O)NC(C(=O)O)C1CCCOC1)Cc1ccccc1. The van der Waals surface area contributed by atoms with E-state index < -0.39 is 12.0 Å². The normalized spacial score (nSPS) is 18.0. The summed E-state index contributed by atoms with van der Waals surface area (Å²) in [5.74, 6) is -1.78. The molecule has 26 heavy (non-hydrogen) atoms. The van der Waals surface area contributed by atoms with Gasteiger partial charge >= 0.3 is 5.97 Å². The van der Waals surface area contributed by atoms with Gasteiger partial charge in [0.15, 0.2) is 0 Å². The number of carbonyl (C=O) groups is 3. The summed E-state index contributed by atoms with van der Waals surface area (Å²) in [7, 11) is 0. The summed E-state index contributed by atoms with van der Waals surface area (Å²) < 4.78 is 5.32. The molecule has 2 rings (SSSR count). The monoisotopic (exact) mass is 362 g/mol. The van der Waals surface area contributed by atoms with Crippen LogP contribution in [0.1, 0.15) is 31.7 Å². The first kappa shape index (κ1) is 19.9. The quantitative estimate of drug-likeness (QED) is 0.729. The molecule has 1 aliphatic rings. The first-order valence-electron chi connectivity index (χ1n) is 8.86. The van der Waals surface area contributed by atoms with E-state index in [1.54, 1.807) is 4.90 Å². The average molecular weight is 362 g/mol. The molecular formula is C19H26N2O5. The number of carboxylic acid groups (broad SMARTS) is 1. The van der Waals surface area contributed by atoms with Crippen molar-refractivity contribution in [1.29, 1.82) is 0 Å². The minimum Gasteiger partial charge on any atom is -0.480 e. The third kappa shape index (κ3) is 6.15. The van der Waals surface area contributed by atoms with Gasteiger partial charge in [0, 0.05) is 39.0 Å². The number of carboxylic acids is 1. The van der Waals surface area contributed by atoms with Crippen molar-refractivity contribution in [1.82, 2.24) is 10.2 Å². The molecule has 1 aromatic carbocycles. The van der Waals surface area contributed by atoms with Gasteiger partial charge in [-0.15, -0.1) is 0 Å². The van der Waals surface area contributed by atoms with Crippen LogP contribution in [0.4, 0.5) is 0 Å². The van der Waals surface area contributed by atoms with Gasteiger partial charge in [-0.25, -0.2) is 4.79 Å². The maximum absolute atomic E-state index is 12.2. The number of hydrogen-bond acceptors (Lipinski definition) is 4. The molecule has 2 N–H and O–H groups in total. The fourth-order valence-corrected chi connectivity index (χ4v) is 3.04. The van der Waals surface area contributed by atoms with Gasteiger partial charge in [-0.1, -0.05) is 30.3 Å². The predicted octanol–water partition coefficient (Wildman–Crippen LogP) is 1.42. The molecule has 7 nitrogen and oxygen atoms in total. The maximum atomic E-state index is 12.2. The van der Waals surface area contributed by atoms with Crippen LogP contribution in [0.15, 0.2) is 30.3 Å². The van der Waals surface area contributed by atoms with E-state index in [1.807, 2.05) is 30.3 Å². The van der Waals surface area contributed by atoms with Crippen molar-refractivity contribution in [3.8, 4) is 0 Å². The van der Waals surface area contributed by atoms with Crippen LogP contribution in [0.25, 0.3) is 0 Å². The molecule has 142 valence electrons. The number of aliphatic carboxylic acids is 1. The van der Waals surface area contributed by atoms with Gasteiger partial charge in [0.25, 0.3) is 0 Å². The van der Waals surface area contributed by atoms with Gasteiger partial charge in [-0.05, 0) is 18.4 Å². The maximum Gasteiger partial charge on any atom is 0.326 e. The van der Waals surface area contributed by atoms with Crippen molar-refractivity contribution in [3.63, 3.8) is 0 Å². The number of amides is 2. The van der Waals surface area contributed by atoms with Crippen LogP contribution < -0.4 is 5.32 Å². The molecule has 0 bridgehead atoms. The van der Waals surface area contributed by atoms with Gasteiger partial charge < -0.3 is 20.1 Å². The molecule has 1 fully saturated rings. The Balaban J connectivity index is 1.87. The zero-order valence-electron chi connectivity index (χ0n) is 15.0. The van der Waals surface area contributed by atoms with E-state index in [2.05, 4.69) is 5.32 Å². The summed E-state index contributed by atoms with van der Waals surface area (Å²) in [5, 5.41) is 12.0. The predicted molar refractivity (Wildman–Crippen MR) is 95.3 cm³/mol. The van der Waals surface area contributed by atoms with E-state index in [0.717, 1.165) is 12.0 Å². The third-order valence-corrected chi connectivity index (χ3v) is 4.52. The highest BCUT2D eigenvalue weighted by atomic mass is 16.5. The van der Waals surface area contributed by atoms with Crippen LogP contribution in [-0.4, -0.2) is 53.6 Å². The average Bonchev–Trinajstić information content (AvgIpc) is 2.64. The number of hydrogen-bond donors (Lipinski definition) is 2. The van der Waals surface area contributed by atoms with Crippen molar-refractivity contribution in [3.05, 3.63) is 35.9 Å². The highest BCUT2D eigenvalue weighted by Crippen LogP contribution is 2.18. The minimum atomic E-state index is -1.05. The molecule has 1 aromatic rings. The van der Waals surface area contributed by atoms with Gasteiger partial charge in [-0.3, -0.25) is 9.59 Å². The van der Waals surface area contributed by atoms with Gasteiger partial charge in [0.2, 0.25) is 11.8 Å². The molecule has 0 radical (unpaired) electrons. The topological polar surface area (TPSA) is 95.9 Å². The van der Waals surface area contributed by atoms with Crippen molar-refractivity contribution < 1.29 is 24.2 Å². The molecule has 7 heteroatoms. The van der Waals surface area contributed by atoms with Crippen LogP contribution in [0.2, 0.25) is 0 Å². The second-order valence-corrected chi connectivity index (χ2v) is 6.54. The largest absolute Gasteiger partial charge is 0.480 e. The van der Waals surface area contributed by atoms with Crippen molar-refractivity contribution in [2.45, 2.75) is 38.8 Å². The lowest BCUT2D eigenvalue weighted by Crippen LogP contribution is -2.49. The Kier molecular flexibility index (Phi) is 7.59. The first-order chi connectivity index (χ1) is 12.5. The lowest BCUT2D eigenvalue weighted by molar-refractivity contribution is -0.145. The van der Waals surface area contributed by atoms with E-state index >= 15 is 0 Å². The highest BCUT2D eigenvalue weighted by Gasteiger charge is 2.31. The Bertz CT molecular complexity index is 614. The Morgan fingerprint density at radius 1 is 1.31 bits per heavy atom. The van der Waals surface area contributed by atoms with Crippen molar-refractivity contribution >= 4 is 17.8 Å². The minimum absolute atomic E-state index is 0.0593. The number of rotatable bonds is 8. The van der Waals surface area contributed by atoms with E-state index in [-0.39, 0.29) is 30.7 Å². The van der Waals surface area contributed by atoms with Crippen LogP contribution >= 0.6 is 0 Å². The molecule has 1 aliphatic heterocycles. The summed E-state index contributed by atoms with van der Waals surface area (Å²) in [6.45, 7) is 3.08. The second kappa shape index (κ2) is 9.91. The van der Waals surface area contributed by atoms with Crippen LogP contribution in [0.3, 0.4) is 0 Å². The van der Waals surface area contributed by atoms with Gasteiger partial charge in [0.1, 0.15) is 6.04 Å². The fourth-order valence-electron chi connectivity index (χ4n) is 3.04. The van der Waals surface area contributed by atoms with E-state index in [1.165, 1.54) is 6.92 Å². The number of nitrogens with zero attached hydrogens (tertiary/aromatic N) is 1. The summed E-state index contributed by atoms with van der Waals surface area (Å²) in [6.07, 6.45) is 1.56. The van der Waals surface area contributed by atoms with Gasteiger partial charge in [-0.2, -0.15) is 0 Å². The van der Waals surface area contributed by atoms with Crippen molar-refractivity contribution in [2.24, 2.45) is 5.92 Å². The van der Waals surface area contributed by atoms with Crippen molar-refractivity contribution in [2.75, 3.05) is 19.8 Å². The zero-order valence-corrected chi connectivity index (χ0v) is 15.0. The van der Waals surface area contributed by atoms with Crippen LogP contribution in [0, 0.1) is 5.92 Å². The van der Waals surface area contributed by atoms with Gasteiger partial charge in [0.05, 0.1) is 6.61 Å². The molecule has 0 aliphatic carbocycles. The van der Waals surface area contributed by atoms with Crippen LogP contribution in [0.5, 0.6) is 0 Å². The zero-order chi connectivity index (χ0) is 18.9. The molecular weight excluding hydrogens is 336 g/mol. The molecule has 0 aromatic heterocycles. The summed E-state index contributed by atoms with van der Waals surface area (Å²) >= 11 is 0. The lowest BCUT2D eigenvalue weighted by Gasteiger charge is -2.28. The molecule has 1 saturated heterocycles. The van der Waals surface area contributed by atoms with E-state index in [0.29, 0.717) is 26.2 Å². The molecule has 2 unspecified atom stereocenters. The number of nitrogens with one attached hydrogen (secondary N) is 1. The number of ether oxygens (including phenoxy) is 1. The highest BCUT2D eigenvalue weighted by molar-refractivity contribution is 5.84. The van der Waals surface area contributed by atoms with E-state index in [4.69, 9.17) is 4.74 Å². The Morgan fingerprint density at radius 2 is 2.04 bits per heavy atom. The smallest absolute Gasteiger partial charge is 0.326 e. The number of carbonyl (C=O) groups excluding carboxylic acids is 2.